The van der Waals surface area contributed by atoms with E-state index in [4.69, 9.17) is 4.74 Å². The van der Waals surface area contributed by atoms with E-state index in [0.29, 0.717) is 12.1 Å². The Morgan fingerprint density at radius 1 is 1.27 bits per heavy atom. The van der Waals surface area contributed by atoms with Gasteiger partial charge >= 0.3 is 0 Å². The molecule has 0 bridgehead atoms. The molecule has 0 heterocycles. The molecule has 1 aliphatic carbocycles. The maximum absolute atomic E-state index is 5.86. The van der Waals surface area contributed by atoms with Gasteiger partial charge in [-0.25, -0.2) is 0 Å². The van der Waals surface area contributed by atoms with Gasteiger partial charge in [0.05, 0.1) is 12.7 Å². The van der Waals surface area contributed by atoms with Crippen molar-refractivity contribution in [3.05, 3.63) is 0 Å². The van der Waals surface area contributed by atoms with E-state index in [2.05, 4.69) is 26.1 Å². The van der Waals surface area contributed by atoms with Crippen molar-refractivity contribution in [3.8, 4) is 0 Å². The first kappa shape index (κ1) is 13.0. The van der Waals surface area contributed by atoms with Crippen molar-refractivity contribution < 1.29 is 4.74 Å². The smallest absolute Gasteiger partial charge is 0.0625 e. The average Bonchev–Trinajstić information content (AvgIpc) is 2.76. The van der Waals surface area contributed by atoms with Crippen molar-refractivity contribution in [1.29, 1.82) is 0 Å². The SMILES string of the molecule is CCNC(COC(C)CC)C1CCCC1. The summed E-state index contributed by atoms with van der Waals surface area (Å²) < 4.78 is 5.86. The molecular formula is C13H27NO. The van der Waals surface area contributed by atoms with Crippen molar-refractivity contribution in [2.24, 2.45) is 5.92 Å². The normalized spacial score (nSPS) is 21.8. The van der Waals surface area contributed by atoms with Crippen molar-refractivity contribution in [2.75, 3.05) is 13.2 Å². The molecule has 0 aromatic rings. The fourth-order valence-electron chi connectivity index (χ4n) is 2.37. The Hall–Kier alpha value is -0.0800. The zero-order valence-electron chi connectivity index (χ0n) is 10.6. The zero-order chi connectivity index (χ0) is 11.1. The van der Waals surface area contributed by atoms with Crippen molar-refractivity contribution in [2.45, 2.75) is 65.0 Å². The lowest BCUT2D eigenvalue weighted by atomic mass is 9.99. The number of nitrogens with one attached hydrogen (secondary N) is 1. The molecule has 2 atom stereocenters. The van der Waals surface area contributed by atoms with Gasteiger partial charge in [-0.3, -0.25) is 0 Å². The lowest BCUT2D eigenvalue weighted by molar-refractivity contribution is 0.0367. The van der Waals surface area contributed by atoms with Gasteiger partial charge in [-0.15, -0.1) is 0 Å². The average molecular weight is 213 g/mol. The topological polar surface area (TPSA) is 21.3 Å². The fourth-order valence-corrected chi connectivity index (χ4v) is 2.37. The van der Waals surface area contributed by atoms with Crippen LogP contribution in [0.4, 0.5) is 0 Å². The number of rotatable bonds is 7. The molecule has 0 aromatic heterocycles. The third kappa shape index (κ3) is 4.52. The van der Waals surface area contributed by atoms with E-state index in [0.717, 1.165) is 25.5 Å². The summed E-state index contributed by atoms with van der Waals surface area (Å²) in [5.74, 6) is 0.856. The van der Waals surface area contributed by atoms with E-state index in [-0.39, 0.29) is 0 Å². The second-order valence-electron chi connectivity index (χ2n) is 4.76. The van der Waals surface area contributed by atoms with Gasteiger partial charge in [-0.1, -0.05) is 26.7 Å². The van der Waals surface area contributed by atoms with Crippen LogP contribution in [0.25, 0.3) is 0 Å². The predicted molar refractivity (Wildman–Crippen MR) is 65.1 cm³/mol. The van der Waals surface area contributed by atoms with Crippen LogP contribution in [0, 0.1) is 5.92 Å². The summed E-state index contributed by atoms with van der Waals surface area (Å²) in [4.78, 5) is 0. The minimum absolute atomic E-state index is 0.410. The van der Waals surface area contributed by atoms with Crippen LogP contribution < -0.4 is 5.32 Å². The van der Waals surface area contributed by atoms with Gasteiger partial charge in [0.1, 0.15) is 0 Å². The van der Waals surface area contributed by atoms with Crippen LogP contribution in [0.3, 0.4) is 0 Å². The molecule has 2 unspecified atom stereocenters. The molecule has 1 rings (SSSR count). The standard InChI is InChI=1S/C13H27NO/c1-4-11(3)15-10-13(14-5-2)12-8-6-7-9-12/h11-14H,4-10H2,1-3H3. The summed E-state index contributed by atoms with van der Waals surface area (Å²) in [6.07, 6.45) is 7.13. The molecule has 0 amide bonds. The Morgan fingerprint density at radius 3 is 2.47 bits per heavy atom. The second kappa shape index (κ2) is 7.24. The van der Waals surface area contributed by atoms with Crippen molar-refractivity contribution in [1.82, 2.24) is 5.32 Å². The van der Waals surface area contributed by atoms with Gasteiger partial charge in [0.2, 0.25) is 0 Å². The molecule has 15 heavy (non-hydrogen) atoms. The van der Waals surface area contributed by atoms with E-state index in [9.17, 15) is 0 Å². The van der Waals surface area contributed by atoms with Crippen LogP contribution in [-0.4, -0.2) is 25.3 Å². The number of ether oxygens (including phenoxy) is 1. The maximum Gasteiger partial charge on any atom is 0.0625 e. The molecule has 1 saturated carbocycles. The third-order valence-corrected chi connectivity index (χ3v) is 3.57. The highest BCUT2D eigenvalue weighted by atomic mass is 16.5. The third-order valence-electron chi connectivity index (χ3n) is 3.57. The van der Waals surface area contributed by atoms with Crippen LogP contribution >= 0.6 is 0 Å². The Balaban J connectivity index is 2.29. The molecule has 90 valence electrons. The monoisotopic (exact) mass is 213 g/mol. The van der Waals surface area contributed by atoms with E-state index in [1.54, 1.807) is 0 Å². The first-order valence-corrected chi connectivity index (χ1v) is 6.62. The van der Waals surface area contributed by atoms with E-state index < -0.39 is 0 Å². The summed E-state index contributed by atoms with van der Waals surface area (Å²) in [5, 5.41) is 3.58. The Bertz CT molecular complexity index is 155. The van der Waals surface area contributed by atoms with Crippen LogP contribution in [-0.2, 0) is 4.74 Å². The van der Waals surface area contributed by atoms with E-state index >= 15 is 0 Å². The van der Waals surface area contributed by atoms with Gasteiger partial charge in [0.15, 0.2) is 0 Å². The van der Waals surface area contributed by atoms with Crippen molar-refractivity contribution >= 4 is 0 Å². The minimum atomic E-state index is 0.410. The Labute approximate surface area is 94.8 Å². The van der Waals surface area contributed by atoms with E-state index in [1.807, 2.05) is 0 Å². The lowest BCUT2D eigenvalue weighted by Gasteiger charge is -2.25. The largest absolute Gasteiger partial charge is 0.377 e. The predicted octanol–water partition coefficient (Wildman–Crippen LogP) is 2.97. The Morgan fingerprint density at radius 2 is 1.93 bits per heavy atom. The highest BCUT2D eigenvalue weighted by molar-refractivity contribution is 4.80. The lowest BCUT2D eigenvalue weighted by Crippen LogP contribution is -2.39. The summed E-state index contributed by atoms with van der Waals surface area (Å²) in [7, 11) is 0. The highest BCUT2D eigenvalue weighted by Gasteiger charge is 2.24. The molecular weight excluding hydrogens is 186 g/mol. The molecule has 0 spiro atoms. The molecule has 0 aromatic carbocycles. The number of hydrogen-bond acceptors (Lipinski definition) is 2. The quantitative estimate of drug-likeness (QED) is 0.702. The highest BCUT2D eigenvalue weighted by Crippen LogP contribution is 2.28. The summed E-state index contributed by atoms with van der Waals surface area (Å²) >= 11 is 0. The number of likely N-dealkylation sites (N-methyl/N-ethyl adjacent to an activating group) is 1. The van der Waals surface area contributed by atoms with Crippen LogP contribution in [0.5, 0.6) is 0 Å². The molecule has 0 radical (unpaired) electrons. The van der Waals surface area contributed by atoms with Gasteiger partial charge < -0.3 is 10.1 Å². The van der Waals surface area contributed by atoms with Gasteiger partial charge in [-0.2, -0.15) is 0 Å². The van der Waals surface area contributed by atoms with E-state index in [1.165, 1.54) is 25.7 Å². The first-order valence-electron chi connectivity index (χ1n) is 6.62. The van der Waals surface area contributed by atoms with Crippen LogP contribution in [0.2, 0.25) is 0 Å². The van der Waals surface area contributed by atoms with Crippen LogP contribution in [0.1, 0.15) is 52.9 Å². The fraction of sp³-hybridized carbons (Fsp3) is 1.00. The summed E-state index contributed by atoms with van der Waals surface area (Å²) in [5.41, 5.74) is 0. The molecule has 1 aliphatic rings. The van der Waals surface area contributed by atoms with Gasteiger partial charge in [0, 0.05) is 6.04 Å². The molecule has 1 N–H and O–H groups in total. The van der Waals surface area contributed by atoms with Gasteiger partial charge in [0.25, 0.3) is 0 Å². The van der Waals surface area contributed by atoms with Gasteiger partial charge in [-0.05, 0) is 38.6 Å². The molecule has 0 aliphatic heterocycles. The maximum atomic E-state index is 5.86. The molecule has 2 heteroatoms. The number of hydrogen-bond donors (Lipinski definition) is 1. The van der Waals surface area contributed by atoms with Crippen LogP contribution in [0.15, 0.2) is 0 Å². The van der Waals surface area contributed by atoms with Crippen molar-refractivity contribution in [3.63, 3.8) is 0 Å². The zero-order valence-corrected chi connectivity index (χ0v) is 10.6. The summed E-state index contributed by atoms with van der Waals surface area (Å²) in [6, 6.07) is 0.589. The second-order valence-corrected chi connectivity index (χ2v) is 4.76. The summed E-state index contributed by atoms with van der Waals surface area (Å²) in [6.45, 7) is 8.49. The Kier molecular flexibility index (Phi) is 6.26. The molecule has 2 nitrogen and oxygen atoms in total. The molecule has 0 saturated heterocycles. The molecule has 1 fully saturated rings. The minimum Gasteiger partial charge on any atom is -0.377 e. The first-order chi connectivity index (χ1) is 7.27.